The van der Waals surface area contributed by atoms with Gasteiger partial charge in [-0.3, -0.25) is 69.3 Å². The number of rotatable bonds is 25. The van der Waals surface area contributed by atoms with Crippen LogP contribution in [0.25, 0.3) is 0 Å². The van der Waals surface area contributed by atoms with E-state index >= 15 is 0 Å². The summed E-state index contributed by atoms with van der Waals surface area (Å²) in [6, 6.07) is 33.7. The Balaban J connectivity index is 0.000000191. The molecule has 3 saturated heterocycles. The van der Waals surface area contributed by atoms with Crippen LogP contribution in [0.15, 0.2) is 128 Å². The topological polar surface area (TPSA) is 278 Å². The van der Waals surface area contributed by atoms with Gasteiger partial charge < -0.3 is 28.8 Å². The number of benzene rings is 3. The third kappa shape index (κ3) is 19.7. The Hall–Kier alpha value is -8.12. The molecule has 89 heavy (non-hydrogen) atoms. The standard InChI is InChI=1S/2C23H26N2O5S.C20H22N2O4S/c2*1-4-15-7-10-19(24-13-15)17(11-20(26)29-3)14-30-18-8-5-16(6-9-18)12-23(2)21(27)25-22(28)31-23;1-3-13-6-9-16(21-11-13)17(23)12-26-15-7-4-14(5-8-15)10-20(2)18(24)22-19(25)27-20/h2*5-10,13,17H,4,11-12,14H2,1-3H3,(H,25,27,28);4-9,11,17,23H,3,10,12H2,1-2H3,(H,22,24,25)/t2*17?,23-;17-,20-/m110/s1. The number of carbonyl (C=O) groups is 8. The smallest absolute Gasteiger partial charge is 0.306 e. The number of aryl methyl sites for hydroxylation is 3. The van der Waals surface area contributed by atoms with Gasteiger partial charge in [0.25, 0.3) is 15.7 Å². The van der Waals surface area contributed by atoms with E-state index in [4.69, 9.17) is 23.7 Å². The molecule has 0 spiro atoms. The summed E-state index contributed by atoms with van der Waals surface area (Å²) in [4.78, 5) is 107. The van der Waals surface area contributed by atoms with Gasteiger partial charge in [0.05, 0.1) is 46.0 Å². The number of imide groups is 3. The average molecular weight is 1270 g/mol. The average Bonchev–Trinajstić information content (AvgIpc) is 1.87. The summed E-state index contributed by atoms with van der Waals surface area (Å²) in [7, 11) is 2.73. The van der Waals surface area contributed by atoms with Crippen molar-refractivity contribution in [2.45, 2.75) is 125 Å². The van der Waals surface area contributed by atoms with Crippen molar-refractivity contribution < 1.29 is 67.1 Å². The lowest BCUT2D eigenvalue weighted by molar-refractivity contribution is -0.142. The predicted molar refractivity (Wildman–Crippen MR) is 340 cm³/mol. The van der Waals surface area contributed by atoms with Crippen molar-refractivity contribution in [1.29, 1.82) is 0 Å². The number of carbonyl (C=O) groups excluding carboxylic acids is 8. The molecule has 9 rings (SSSR count). The van der Waals surface area contributed by atoms with Gasteiger partial charge in [-0.1, -0.05) is 75.4 Å². The molecule has 6 aromatic rings. The van der Waals surface area contributed by atoms with Crippen LogP contribution in [0, 0.1) is 0 Å². The lowest BCUT2D eigenvalue weighted by atomic mass is 9.99. The Morgan fingerprint density at radius 1 is 0.438 bits per heavy atom. The molecule has 3 aliphatic rings. The molecule has 3 aromatic heterocycles. The molecular weight excluding hydrogens is 1200 g/mol. The lowest BCUT2D eigenvalue weighted by Gasteiger charge is -2.19. The number of hydrogen-bond acceptors (Lipinski definition) is 20. The molecule has 0 aliphatic carbocycles. The first-order chi connectivity index (χ1) is 42.5. The minimum Gasteiger partial charge on any atom is -0.493 e. The van der Waals surface area contributed by atoms with Crippen molar-refractivity contribution in [3.8, 4) is 17.2 Å². The van der Waals surface area contributed by atoms with Gasteiger partial charge in [-0.05, 0) is 183 Å². The van der Waals surface area contributed by atoms with E-state index in [1.54, 1.807) is 39.1 Å². The number of nitrogens with zero attached hydrogens (tertiary/aromatic N) is 3. The largest absolute Gasteiger partial charge is 0.493 e. The van der Waals surface area contributed by atoms with Crippen LogP contribution >= 0.6 is 35.3 Å². The van der Waals surface area contributed by atoms with Gasteiger partial charge in [0.1, 0.15) is 44.2 Å². The van der Waals surface area contributed by atoms with Crippen LogP contribution in [0.2, 0.25) is 0 Å². The second kappa shape index (κ2) is 31.9. The number of esters is 2. The third-order valence-corrected chi connectivity index (χ3v) is 18.2. The number of ether oxygens (including phenoxy) is 5. The molecule has 0 radical (unpaired) electrons. The highest BCUT2D eigenvalue weighted by atomic mass is 32.2. The number of nitrogens with one attached hydrogen (secondary N) is 3. The molecular formula is C66H74N6O14S3. The van der Waals surface area contributed by atoms with Gasteiger partial charge in [0.15, 0.2) is 0 Å². The summed E-state index contributed by atoms with van der Waals surface area (Å²) in [5.74, 6) is 0.00601. The summed E-state index contributed by atoms with van der Waals surface area (Å²) in [5.41, 5.74) is 8.28. The molecule has 23 heteroatoms. The lowest BCUT2D eigenvalue weighted by Crippen LogP contribution is -2.35. The van der Waals surface area contributed by atoms with Crippen molar-refractivity contribution in [3.63, 3.8) is 0 Å². The number of thioether (sulfide) groups is 3. The van der Waals surface area contributed by atoms with E-state index in [2.05, 4.69) is 51.7 Å². The Morgan fingerprint density at radius 3 is 0.966 bits per heavy atom. The summed E-state index contributed by atoms with van der Waals surface area (Å²) in [6.45, 7) is 12.1. The Bertz CT molecular complexity index is 3280. The molecule has 0 saturated carbocycles. The van der Waals surface area contributed by atoms with Crippen molar-refractivity contribution in [3.05, 3.63) is 178 Å². The molecule has 6 atom stereocenters. The first-order valence-corrected chi connectivity index (χ1v) is 31.4. The number of aromatic nitrogens is 3. The van der Waals surface area contributed by atoms with E-state index in [0.717, 1.165) is 99.3 Å². The number of aliphatic hydroxyl groups excluding tert-OH is 1. The summed E-state index contributed by atoms with van der Waals surface area (Å²) >= 11 is 3.05. The molecule has 6 heterocycles. The van der Waals surface area contributed by atoms with Gasteiger partial charge in [0.2, 0.25) is 17.7 Å². The third-order valence-electron chi connectivity index (χ3n) is 15.0. The fourth-order valence-electron chi connectivity index (χ4n) is 9.47. The monoisotopic (exact) mass is 1270 g/mol. The quantitative estimate of drug-likeness (QED) is 0.0388. The van der Waals surface area contributed by atoms with Crippen molar-refractivity contribution in [2.75, 3.05) is 34.0 Å². The van der Waals surface area contributed by atoms with Crippen LogP contribution in [0.3, 0.4) is 0 Å². The van der Waals surface area contributed by atoms with E-state index in [1.165, 1.54) is 14.2 Å². The number of aliphatic hydroxyl groups is 1. The zero-order valence-corrected chi connectivity index (χ0v) is 53.4. The minimum atomic E-state index is -0.806. The molecule has 3 aromatic carbocycles. The van der Waals surface area contributed by atoms with Gasteiger partial charge >= 0.3 is 11.9 Å². The fourth-order valence-corrected chi connectivity index (χ4v) is 12.3. The van der Waals surface area contributed by atoms with E-state index in [0.29, 0.717) is 42.2 Å². The first-order valence-electron chi connectivity index (χ1n) is 29.0. The van der Waals surface area contributed by atoms with Gasteiger partial charge in [-0.2, -0.15) is 0 Å². The van der Waals surface area contributed by atoms with Gasteiger partial charge in [0, 0.05) is 41.8 Å². The van der Waals surface area contributed by atoms with Crippen LogP contribution < -0.4 is 30.2 Å². The number of amides is 6. The summed E-state index contributed by atoms with van der Waals surface area (Å²) in [5, 5.41) is 16.3. The maximum atomic E-state index is 12.0. The highest BCUT2D eigenvalue weighted by Crippen LogP contribution is 2.38. The van der Waals surface area contributed by atoms with Crippen LogP contribution in [-0.4, -0.2) is 114 Å². The summed E-state index contributed by atoms with van der Waals surface area (Å²) < 4.78 is 24.7. The molecule has 4 N–H and O–H groups in total. The molecule has 3 aliphatic heterocycles. The van der Waals surface area contributed by atoms with E-state index in [9.17, 15) is 43.5 Å². The zero-order valence-electron chi connectivity index (χ0n) is 51.0. The number of pyridine rings is 3. The maximum Gasteiger partial charge on any atom is 0.306 e. The van der Waals surface area contributed by atoms with Gasteiger partial charge in [-0.25, -0.2) is 0 Å². The molecule has 470 valence electrons. The highest BCUT2D eigenvalue weighted by molar-refractivity contribution is 8.16. The Labute approximate surface area is 530 Å². The minimum absolute atomic E-state index is 0.0995. The zero-order chi connectivity index (χ0) is 64.3. The van der Waals surface area contributed by atoms with Crippen molar-refractivity contribution >= 4 is 80.7 Å². The van der Waals surface area contributed by atoms with Crippen LogP contribution in [-0.2, 0) is 72.0 Å². The van der Waals surface area contributed by atoms with Crippen molar-refractivity contribution in [2.24, 2.45) is 0 Å². The second-order valence-corrected chi connectivity index (χ2v) is 26.4. The van der Waals surface area contributed by atoms with Gasteiger partial charge in [-0.15, -0.1) is 0 Å². The van der Waals surface area contributed by atoms with E-state index in [1.807, 2.05) is 109 Å². The first kappa shape index (κ1) is 68.4. The Kier molecular flexibility index (Phi) is 24.5. The molecule has 0 bridgehead atoms. The molecule has 2 unspecified atom stereocenters. The highest BCUT2D eigenvalue weighted by Gasteiger charge is 2.45. The van der Waals surface area contributed by atoms with E-state index < -0.39 is 20.3 Å². The fraction of sp³-hybridized carbons (Fsp3) is 0.379. The van der Waals surface area contributed by atoms with Crippen LogP contribution in [0.4, 0.5) is 14.4 Å². The normalized spacial score (nSPS) is 19.5. The van der Waals surface area contributed by atoms with E-state index in [-0.39, 0.29) is 89.9 Å². The number of methoxy groups -OCH3 is 2. The van der Waals surface area contributed by atoms with Crippen molar-refractivity contribution in [1.82, 2.24) is 30.9 Å². The molecule has 6 amide bonds. The van der Waals surface area contributed by atoms with Crippen LogP contribution in [0.1, 0.15) is 123 Å². The molecule has 20 nitrogen and oxygen atoms in total. The molecule has 3 fully saturated rings. The SMILES string of the molecule is CCc1ccc(C(COc2ccc(C[C@@]3(C)SC(=O)NC3=O)cc2)CC(=O)OC)nc1.CCc1ccc(C(COc2ccc(C[C@@]3(C)SC(=O)NC3=O)cc2)CC(=O)OC)nc1.CCc1ccc([C@@H](O)COc2ccc(C[C@]3(C)SC(=O)NC3=O)cc2)nc1. The predicted octanol–water partition coefficient (Wildman–Crippen LogP) is 10.3. The number of hydrogen-bond donors (Lipinski definition) is 4. The van der Waals surface area contributed by atoms with Crippen LogP contribution in [0.5, 0.6) is 17.2 Å². The second-order valence-electron chi connectivity index (χ2n) is 21.9. The maximum absolute atomic E-state index is 12.0. The Morgan fingerprint density at radius 2 is 0.719 bits per heavy atom. The summed E-state index contributed by atoms with van der Waals surface area (Å²) in [6.07, 6.45) is 8.95.